The molecule has 2 aromatic heterocycles. The number of anilines is 4. The van der Waals surface area contributed by atoms with E-state index in [2.05, 4.69) is 30.2 Å². The van der Waals surface area contributed by atoms with E-state index in [1.54, 1.807) is 4.90 Å². The second-order valence-electron chi connectivity index (χ2n) is 7.82. The Kier molecular flexibility index (Phi) is 4.86. The highest BCUT2D eigenvalue weighted by molar-refractivity contribution is 5.85. The van der Waals surface area contributed by atoms with Gasteiger partial charge in [0.15, 0.2) is 23.8 Å². The summed E-state index contributed by atoms with van der Waals surface area (Å²) in [7, 11) is 0. The Morgan fingerprint density at radius 2 is 1.80 bits per heavy atom. The lowest BCUT2D eigenvalue weighted by Crippen LogP contribution is -2.38. The molecule has 2 fully saturated rings. The van der Waals surface area contributed by atoms with Gasteiger partial charge in [0.2, 0.25) is 5.95 Å². The summed E-state index contributed by atoms with van der Waals surface area (Å²) in [5.41, 5.74) is 2.81. The molecular weight excluding hydrogens is 392 g/mol. The number of aliphatic hydroxyl groups excluding tert-OH is 1. The number of aromatic nitrogens is 4. The summed E-state index contributed by atoms with van der Waals surface area (Å²) in [6, 6.07) is 7.80. The van der Waals surface area contributed by atoms with Gasteiger partial charge >= 0.3 is 0 Å². The summed E-state index contributed by atoms with van der Waals surface area (Å²) < 4.78 is 27.4. The zero-order chi connectivity index (χ0) is 20.7. The molecule has 5 rings (SSSR count). The lowest BCUT2D eigenvalue weighted by Gasteiger charge is -2.32. The molecule has 3 aromatic rings. The predicted octanol–water partition coefficient (Wildman–Crippen LogP) is 2.55. The lowest BCUT2D eigenvalue weighted by molar-refractivity contribution is 0.154. The normalized spacial score (nSPS) is 24.6. The van der Waals surface area contributed by atoms with E-state index in [4.69, 9.17) is 0 Å². The van der Waals surface area contributed by atoms with Gasteiger partial charge in [0.05, 0.1) is 25.5 Å². The number of hydrogen-bond acceptors (Lipinski definition) is 7. The van der Waals surface area contributed by atoms with Gasteiger partial charge in [0.25, 0.3) is 0 Å². The molecule has 10 heteroatoms. The second-order valence-corrected chi connectivity index (χ2v) is 7.82. The molecule has 0 saturated carbocycles. The molecule has 2 aliphatic heterocycles. The highest BCUT2D eigenvalue weighted by Crippen LogP contribution is 2.29. The van der Waals surface area contributed by atoms with E-state index < -0.39 is 12.3 Å². The van der Waals surface area contributed by atoms with Crippen LogP contribution >= 0.6 is 0 Å². The molecule has 0 amide bonds. The summed E-state index contributed by atoms with van der Waals surface area (Å²) in [5.74, 6) is 0.741. The Labute approximate surface area is 172 Å². The molecule has 2 saturated heterocycles. The van der Waals surface area contributed by atoms with E-state index in [1.807, 2.05) is 24.3 Å². The SMILES string of the molecule is OC1CCCN(c2ccc(Nc3nc(N4C[C@H](F)[C@@H](F)C4)c4[nH]cnc4n3)cc2)C1. The topological polar surface area (TPSA) is 93.2 Å². The van der Waals surface area contributed by atoms with Gasteiger partial charge in [0, 0.05) is 24.5 Å². The van der Waals surface area contributed by atoms with Crippen molar-refractivity contribution in [2.24, 2.45) is 0 Å². The third kappa shape index (κ3) is 3.62. The van der Waals surface area contributed by atoms with Crippen LogP contribution in [-0.2, 0) is 0 Å². The van der Waals surface area contributed by atoms with Crippen LogP contribution < -0.4 is 15.1 Å². The molecule has 3 atom stereocenters. The summed E-state index contributed by atoms with van der Waals surface area (Å²) in [6.07, 6.45) is -0.0517. The van der Waals surface area contributed by atoms with Crippen molar-refractivity contribution in [1.29, 1.82) is 0 Å². The third-order valence-electron chi connectivity index (χ3n) is 5.63. The van der Waals surface area contributed by atoms with E-state index in [0.717, 1.165) is 30.8 Å². The van der Waals surface area contributed by atoms with Crippen molar-refractivity contribution in [3.63, 3.8) is 0 Å². The van der Waals surface area contributed by atoms with Gasteiger partial charge < -0.3 is 25.2 Å². The van der Waals surface area contributed by atoms with Crippen LogP contribution in [0.3, 0.4) is 0 Å². The molecule has 4 heterocycles. The fourth-order valence-corrected chi connectivity index (χ4v) is 4.07. The van der Waals surface area contributed by atoms with Gasteiger partial charge in [-0.1, -0.05) is 0 Å². The molecule has 0 spiro atoms. The third-order valence-corrected chi connectivity index (χ3v) is 5.63. The van der Waals surface area contributed by atoms with Crippen LogP contribution in [-0.4, -0.2) is 69.7 Å². The molecule has 2 aliphatic rings. The van der Waals surface area contributed by atoms with E-state index in [-0.39, 0.29) is 19.2 Å². The van der Waals surface area contributed by atoms with Crippen molar-refractivity contribution in [3.8, 4) is 0 Å². The minimum absolute atomic E-state index is 0.0534. The zero-order valence-corrected chi connectivity index (χ0v) is 16.3. The first-order valence-electron chi connectivity index (χ1n) is 10.1. The van der Waals surface area contributed by atoms with Crippen LogP contribution in [0.4, 0.5) is 31.9 Å². The van der Waals surface area contributed by atoms with Crippen molar-refractivity contribution in [1.82, 2.24) is 19.9 Å². The lowest BCUT2D eigenvalue weighted by atomic mass is 10.1. The number of alkyl halides is 2. The number of H-pyrrole nitrogens is 1. The van der Waals surface area contributed by atoms with Gasteiger partial charge in [-0.15, -0.1) is 0 Å². The van der Waals surface area contributed by atoms with Crippen molar-refractivity contribution in [2.75, 3.05) is 41.3 Å². The number of halogens is 2. The van der Waals surface area contributed by atoms with E-state index >= 15 is 0 Å². The molecule has 1 unspecified atom stereocenters. The number of aromatic amines is 1. The predicted molar refractivity (Wildman–Crippen MR) is 111 cm³/mol. The van der Waals surface area contributed by atoms with E-state index in [0.29, 0.717) is 29.5 Å². The fourth-order valence-electron chi connectivity index (χ4n) is 4.07. The standard InChI is InChI=1S/C20H23F2N7O/c21-15-9-29(10-16(15)22)19-17-18(24-11-23-17)26-20(27-19)25-12-3-5-13(6-4-12)28-7-1-2-14(30)8-28/h3-6,11,14-16,30H,1-2,7-10H2,(H2,23,24,25,26,27)/t14?,15-,16-/m0/s1. The Morgan fingerprint density at radius 3 is 2.53 bits per heavy atom. The maximum Gasteiger partial charge on any atom is 0.231 e. The van der Waals surface area contributed by atoms with Crippen LogP contribution in [0.15, 0.2) is 30.6 Å². The molecule has 30 heavy (non-hydrogen) atoms. The average Bonchev–Trinajstić information content (AvgIpc) is 3.34. The number of nitrogens with one attached hydrogen (secondary N) is 2. The van der Waals surface area contributed by atoms with Crippen LogP contribution in [0.1, 0.15) is 12.8 Å². The Balaban J connectivity index is 1.38. The Hall–Kier alpha value is -3.01. The Morgan fingerprint density at radius 1 is 1.03 bits per heavy atom. The highest BCUT2D eigenvalue weighted by Gasteiger charge is 2.35. The van der Waals surface area contributed by atoms with E-state index in [1.165, 1.54) is 6.33 Å². The molecule has 8 nitrogen and oxygen atoms in total. The van der Waals surface area contributed by atoms with Crippen LogP contribution in [0.25, 0.3) is 11.2 Å². The largest absolute Gasteiger partial charge is 0.391 e. The van der Waals surface area contributed by atoms with Crippen molar-refractivity contribution in [2.45, 2.75) is 31.3 Å². The summed E-state index contributed by atoms with van der Waals surface area (Å²) >= 11 is 0. The maximum absolute atomic E-state index is 13.7. The average molecular weight is 415 g/mol. The minimum Gasteiger partial charge on any atom is -0.391 e. The molecule has 0 radical (unpaired) electrons. The highest BCUT2D eigenvalue weighted by atomic mass is 19.2. The van der Waals surface area contributed by atoms with Gasteiger partial charge in [-0.25, -0.2) is 13.8 Å². The second kappa shape index (κ2) is 7.67. The van der Waals surface area contributed by atoms with Crippen LogP contribution in [0, 0.1) is 0 Å². The zero-order valence-electron chi connectivity index (χ0n) is 16.3. The van der Waals surface area contributed by atoms with Gasteiger partial charge in [-0.3, -0.25) is 0 Å². The number of imidazole rings is 1. The molecule has 0 bridgehead atoms. The molecule has 158 valence electrons. The fraction of sp³-hybridized carbons (Fsp3) is 0.450. The van der Waals surface area contributed by atoms with Crippen molar-refractivity contribution < 1.29 is 13.9 Å². The van der Waals surface area contributed by atoms with Gasteiger partial charge in [0.1, 0.15) is 5.52 Å². The Bertz CT molecular complexity index is 1020. The number of fused-ring (bicyclic) bond motifs is 1. The van der Waals surface area contributed by atoms with Crippen molar-refractivity contribution in [3.05, 3.63) is 30.6 Å². The number of rotatable bonds is 4. The van der Waals surface area contributed by atoms with Crippen molar-refractivity contribution >= 4 is 34.3 Å². The quantitative estimate of drug-likeness (QED) is 0.603. The number of nitrogens with zero attached hydrogens (tertiary/aromatic N) is 5. The minimum atomic E-state index is -1.53. The number of hydrogen-bond donors (Lipinski definition) is 3. The van der Waals surface area contributed by atoms with Crippen LogP contribution in [0.2, 0.25) is 0 Å². The smallest absolute Gasteiger partial charge is 0.231 e. The number of benzene rings is 1. The van der Waals surface area contributed by atoms with Crippen LogP contribution in [0.5, 0.6) is 0 Å². The summed E-state index contributed by atoms with van der Waals surface area (Å²) in [4.78, 5) is 19.8. The maximum atomic E-state index is 13.7. The first-order valence-corrected chi connectivity index (χ1v) is 10.1. The molecular formula is C20H23F2N7O. The monoisotopic (exact) mass is 415 g/mol. The molecule has 1 aromatic carbocycles. The first kappa shape index (κ1) is 19.0. The number of aliphatic hydroxyl groups is 1. The number of piperidine rings is 1. The van der Waals surface area contributed by atoms with E-state index in [9.17, 15) is 13.9 Å². The summed E-state index contributed by atoms with van der Waals surface area (Å²) in [5, 5.41) is 13.0. The molecule has 3 N–H and O–H groups in total. The first-order chi connectivity index (χ1) is 14.6. The summed E-state index contributed by atoms with van der Waals surface area (Å²) in [6.45, 7) is 1.45. The molecule has 0 aliphatic carbocycles. The van der Waals surface area contributed by atoms with Gasteiger partial charge in [-0.05, 0) is 37.1 Å². The number of β-amino-alcohol motifs (C(OH)–C–C–N with tert-alkyl or cyclic N) is 1. The van der Waals surface area contributed by atoms with Gasteiger partial charge in [-0.2, -0.15) is 9.97 Å².